The van der Waals surface area contributed by atoms with E-state index in [1.165, 1.54) is 5.57 Å². The Hall–Kier alpha value is -0.600. The Bertz CT molecular complexity index is 254. The van der Waals surface area contributed by atoms with Gasteiger partial charge in [0.25, 0.3) is 0 Å². The fourth-order valence-electron chi connectivity index (χ4n) is 1.42. The first-order chi connectivity index (χ1) is 8.49. The maximum absolute atomic E-state index is 9.25. The van der Waals surface area contributed by atoms with Crippen LogP contribution in [-0.2, 0) is 4.74 Å². The van der Waals surface area contributed by atoms with Crippen molar-refractivity contribution in [2.24, 2.45) is 5.92 Å². The summed E-state index contributed by atoms with van der Waals surface area (Å²) >= 11 is 0. The Balaban J connectivity index is 4.04. The molecule has 0 spiro atoms. The van der Waals surface area contributed by atoms with Crippen molar-refractivity contribution in [2.75, 3.05) is 6.61 Å². The fourth-order valence-corrected chi connectivity index (χ4v) is 1.42. The maximum Gasteiger partial charge on any atom is 0.0732 e. The molecular weight excluding hydrogens is 224 g/mol. The maximum atomic E-state index is 9.25. The normalized spacial score (nSPS) is 18.0. The van der Waals surface area contributed by atoms with Crippen LogP contribution in [0.1, 0.15) is 53.9 Å². The van der Waals surface area contributed by atoms with E-state index in [4.69, 9.17) is 4.74 Å². The summed E-state index contributed by atoms with van der Waals surface area (Å²) < 4.78 is 5.79. The lowest BCUT2D eigenvalue weighted by molar-refractivity contribution is 0.115. The van der Waals surface area contributed by atoms with Gasteiger partial charge in [-0.25, -0.2) is 0 Å². The number of ether oxygens (including phenoxy) is 1. The summed E-state index contributed by atoms with van der Waals surface area (Å²) in [6, 6.07) is 0. The van der Waals surface area contributed by atoms with Crippen LogP contribution in [0.4, 0.5) is 0 Å². The minimum Gasteiger partial charge on any atom is -0.393 e. The highest BCUT2D eigenvalue weighted by atomic mass is 16.5. The van der Waals surface area contributed by atoms with Gasteiger partial charge in [0.1, 0.15) is 0 Å². The first-order valence-electron chi connectivity index (χ1n) is 7.15. The Kier molecular flexibility index (Phi) is 9.99. The van der Waals surface area contributed by atoms with Gasteiger partial charge in [-0.05, 0) is 38.2 Å². The molecule has 0 aromatic rings. The minimum absolute atomic E-state index is 0.153. The first kappa shape index (κ1) is 17.4. The third-order valence-corrected chi connectivity index (χ3v) is 3.09. The summed E-state index contributed by atoms with van der Waals surface area (Å²) in [5, 5.41) is 9.25. The molecule has 3 atom stereocenters. The van der Waals surface area contributed by atoms with Crippen molar-refractivity contribution in [1.82, 2.24) is 0 Å². The van der Waals surface area contributed by atoms with Crippen LogP contribution in [-0.4, -0.2) is 23.9 Å². The smallest absolute Gasteiger partial charge is 0.0732 e. The molecule has 2 heteroatoms. The molecule has 0 saturated carbocycles. The molecule has 2 nitrogen and oxygen atoms in total. The van der Waals surface area contributed by atoms with Gasteiger partial charge in [-0.1, -0.05) is 45.4 Å². The van der Waals surface area contributed by atoms with Gasteiger partial charge < -0.3 is 9.84 Å². The molecule has 106 valence electrons. The number of rotatable bonds is 9. The predicted molar refractivity (Wildman–Crippen MR) is 78.7 cm³/mol. The standard InChI is InChI=1S/C16H30O2/c1-6-13(3)8-10-15(5)18-12-16(7-2)11-9-14(4)17/h8,10-11,13-15,17H,6-7,9,12H2,1-5H3/b10-8-,16-11+. The molecule has 0 bridgehead atoms. The van der Waals surface area contributed by atoms with E-state index in [0.717, 1.165) is 12.8 Å². The van der Waals surface area contributed by atoms with E-state index in [1.54, 1.807) is 0 Å². The van der Waals surface area contributed by atoms with Crippen LogP contribution in [0, 0.1) is 5.92 Å². The lowest BCUT2D eigenvalue weighted by Gasteiger charge is -2.12. The second kappa shape index (κ2) is 10.3. The lowest BCUT2D eigenvalue weighted by atomic mass is 10.1. The van der Waals surface area contributed by atoms with Crippen LogP contribution >= 0.6 is 0 Å². The largest absolute Gasteiger partial charge is 0.393 e. The zero-order chi connectivity index (χ0) is 14.0. The highest BCUT2D eigenvalue weighted by Gasteiger charge is 2.01. The average Bonchev–Trinajstić information content (AvgIpc) is 2.35. The number of hydrogen-bond acceptors (Lipinski definition) is 2. The molecule has 0 aromatic carbocycles. The van der Waals surface area contributed by atoms with E-state index in [2.05, 4.69) is 45.9 Å². The molecule has 18 heavy (non-hydrogen) atoms. The van der Waals surface area contributed by atoms with E-state index in [-0.39, 0.29) is 12.2 Å². The van der Waals surface area contributed by atoms with E-state index < -0.39 is 0 Å². The lowest BCUT2D eigenvalue weighted by Crippen LogP contribution is -2.08. The molecule has 0 aromatic heterocycles. The molecule has 0 radical (unpaired) electrons. The summed E-state index contributed by atoms with van der Waals surface area (Å²) in [5.74, 6) is 0.618. The molecule has 0 heterocycles. The molecule has 0 aliphatic heterocycles. The van der Waals surface area contributed by atoms with Crippen LogP contribution in [0.3, 0.4) is 0 Å². The predicted octanol–water partition coefficient (Wildman–Crippen LogP) is 4.10. The van der Waals surface area contributed by atoms with Crippen LogP contribution in [0.5, 0.6) is 0 Å². The Morgan fingerprint density at radius 3 is 2.33 bits per heavy atom. The highest BCUT2D eigenvalue weighted by molar-refractivity contribution is 5.03. The minimum atomic E-state index is -0.269. The molecular formula is C16H30O2. The summed E-state index contributed by atoms with van der Waals surface area (Å²) in [5.41, 5.74) is 1.26. The summed E-state index contributed by atoms with van der Waals surface area (Å²) in [6.45, 7) is 11.1. The second-order valence-electron chi connectivity index (χ2n) is 5.09. The molecule has 0 amide bonds. The zero-order valence-electron chi connectivity index (χ0n) is 12.6. The quantitative estimate of drug-likeness (QED) is 0.628. The molecule has 0 fully saturated rings. The Morgan fingerprint density at radius 2 is 1.83 bits per heavy atom. The van der Waals surface area contributed by atoms with Crippen molar-refractivity contribution < 1.29 is 9.84 Å². The van der Waals surface area contributed by atoms with Crippen LogP contribution < -0.4 is 0 Å². The van der Waals surface area contributed by atoms with Crippen LogP contribution in [0.15, 0.2) is 23.8 Å². The van der Waals surface area contributed by atoms with E-state index in [0.29, 0.717) is 18.9 Å². The fraction of sp³-hybridized carbons (Fsp3) is 0.750. The summed E-state index contributed by atoms with van der Waals surface area (Å²) in [6.07, 6.45) is 9.19. The first-order valence-corrected chi connectivity index (χ1v) is 7.15. The Labute approximate surface area is 113 Å². The molecule has 0 rings (SSSR count). The zero-order valence-corrected chi connectivity index (χ0v) is 12.6. The van der Waals surface area contributed by atoms with Crippen LogP contribution in [0.2, 0.25) is 0 Å². The number of aliphatic hydroxyl groups is 1. The summed E-state index contributed by atoms with van der Waals surface area (Å²) in [7, 11) is 0. The van der Waals surface area contributed by atoms with E-state index >= 15 is 0 Å². The second-order valence-corrected chi connectivity index (χ2v) is 5.09. The summed E-state index contributed by atoms with van der Waals surface area (Å²) in [4.78, 5) is 0. The monoisotopic (exact) mass is 254 g/mol. The van der Waals surface area contributed by atoms with E-state index in [1.807, 2.05) is 6.92 Å². The van der Waals surface area contributed by atoms with Gasteiger partial charge >= 0.3 is 0 Å². The third-order valence-electron chi connectivity index (χ3n) is 3.09. The third kappa shape index (κ3) is 9.43. The van der Waals surface area contributed by atoms with Gasteiger partial charge in [0, 0.05) is 0 Å². The van der Waals surface area contributed by atoms with Gasteiger partial charge in [0.2, 0.25) is 0 Å². The topological polar surface area (TPSA) is 29.5 Å². The molecule has 0 aliphatic carbocycles. The number of aliphatic hydroxyl groups excluding tert-OH is 1. The SMILES string of the molecule is CC/C(=C\CC(C)O)COC(C)/C=C\C(C)CC. The number of allylic oxidation sites excluding steroid dienone is 1. The van der Waals surface area contributed by atoms with Crippen molar-refractivity contribution in [3.05, 3.63) is 23.8 Å². The van der Waals surface area contributed by atoms with Gasteiger partial charge in [0.15, 0.2) is 0 Å². The van der Waals surface area contributed by atoms with Gasteiger partial charge in [-0.15, -0.1) is 0 Å². The van der Waals surface area contributed by atoms with Gasteiger partial charge in [0.05, 0.1) is 18.8 Å². The van der Waals surface area contributed by atoms with Gasteiger partial charge in [-0.2, -0.15) is 0 Å². The van der Waals surface area contributed by atoms with Crippen molar-refractivity contribution >= 4 is 0 Å². The van der Waals surface area contributed by atoms with Crippen LogP contribution in [0.25, 0.3) is 0 Å². The Morgan fingerprint density at radius 1 is 1.17 bits per heavy atom. The van der Waals surface area contributed by atoms with Crippen molar-refractivity contribution in [2.45, 2.75) is 66.1 Å². The van der Waals surface area contributed by atoms with Gasteiger partial charge in [-0.3, -0.25) is 0 Å². The van der Waals surface area contributed by atoms with E-state index in [9.17, 15) is 5.11 Å². The van der Waals surface area contributed by atoms with Crippen molar-refractivity contribution in [3.63, 3.8) is 0 Å². The molecule has 3 unspecified atom stereocenters. The van der Waals surface area contributed by atoms with Crippen molar-refractivity contribution in [1.29, 1.82) is 0 Å². The molecule has 0 aliphatic rings. The molecule has 0 saturated heterocycles. The molecule has 1 N–H and O–H groups in total. The number of hydrogen-bond donors (Lipinski definition) is 1. The van der Waals surface area contributed by atoms with Crippen molar-refractivity contribution in [3.8, 4) is 0 Å². The average molecular weight is 254 g/mol. The highest BCUT2D eigenvalue weighted by Crippen LogP contribution is 2.08.